The van der Waals surface area contributed by atoms with Gasteiger partial charge in [-0.25, -0.2) is 0 Å². The molecule has 2 N–H and O–H groups in total. The summed E-state index contributed by atoms with van der Waals surface area (Å²) < 4.78 is 0. The number of hydrogen-bond acceptors (Lipinski definition) is 5. The van der Waals surface area contributed by atoms with Gasteiger partial charge in [0.1, 0.15) is 11.4 Å². The van der Waals surface area contributed by atoms with Crippen LogP contribution in [0.25, 0.3) is 33.2 Å². The van der Waals surface area contributed by atoms with Crippen molar-refractivity contribution in [3.05, 3.63) is 72.8 Å². The molecule has 31 heavy (non-hydrogen) atoms. The first-order valence-electron chi connectivity index (χ1n) is 10.8. The molecule has 156 valence electrons. The fourth-order valence-electron chi connectivity index (χ4n) is 4.43. The monoisotopic (exact) mass is 410 g/mol. The Bertz CT molecular complexity index is 1210. The van der Waals surface area contributed by atoms with Crippen LogP contribution < -0.4 is 5.32 Å². The molecule has 0 aliphatic carbocycles. The summed E-state index contributed by atoms with van der Waals surface area (Å²) in [6.45, 7) is 2.14. The quantitative estimate of drug-likeness (QED) is 0.486. The Morgan fingerprint density at radius 2 is 1.68 bits per heavy atom. The lowest BCUT2D eigenvalue weighted by atomic mass is 9.99. The van der Waals surface area contributed by atoms with Gasteiger partial charge in [0.05, 0.1) is 0 Å². The molecule has 1 aliphatic rings. The maximum absolute atomic E-state index is 10.8. The van der Waals surface area contributed by atoms with E-state index >= 15 is 0 Å². The predicted molar refractivity (Wildman–Crippen MR) is 126 cm³/mol. The number of aromatic hydroxyl groups is 1. The van der Waals surface area contributed by atoms with E-state index in [1.54, 1.807) is 6.07 Å². The van der Waals surface area contributed by atoms with E-state index in [9.17, 15) is 5.11 Å². The van der Waals surface area contributed by atoms with E-state index in [0.29, 0.717) is 17.3 Å². The highest BCUT2D eigenvalue weighted by atomic mass is 16.3. The number of nitrogens with zero attached hydrogens (tertiary/aromatic N) is 3. The van der Waals surface area contributed by atoms with E-state index in [2.05, 4.69) is 33.5 Å². The molecular formula is C26H26N4O. The van der Waals surface area contributed by atoms with Crippen LogP contribution in [0.15, 0.2) is 72.8 Å². The SMILES string of the molecule is CN1CCC[C@@H](Nc2nnc(-c3ccc(-c4ccccc4)cc3O)c3ccccc23)C1. The molecule has 0 amide bonds. The summed E-state index contributed by atoms with van der Waals surface area (Å²) in [6, 6.07) is 24.3. The smallest absolute Gasteiger partial charge is 0.156 e. The molecular weight excluding hydrogens is 384 g/mol. The van der Waals surface area contributed by atoms with Crippen LogP contribution in [0.4, 0.5) is 5.82 Å². The Labute approximate surface area is 182 Å². The number of phenols is 1. The average Bonchev–Trinajstić information content (AvgIpc) is 2.80. The van der Waals surface area contributed by atoms with Gasteiger partial charge in [-0.3, -0.25) is 0 Å². The summed E-state index contributed by atoms with van der Waals surface area (Å²) in [5, 5.41) is 25.5. The standard InChI is InChI=1S/C26H26N4O/c1-30-15-7-10-20(17-30)27-26-22-12-6-5-11-21(22)25(28-29-26)23-14-13-19(16-24(23)31)18-8-3-2-4-9-18/h2-6,8-9,11-14,16,20,31H,7,10,15,17H2,1H3,(H,27,29)/t20-/m1/s1. The lowest BCUT2D eigenvalue weighted by molar-refractivity contribution is 0.261. The minimum absolute atomic E-state index is 0.204. The molecule has 1 aromatic heterocycles. The predicted octanol–water partition coefficient (Wildman–Crippen LogP) is 5.18. The van der Waals surface area contributed by atoms with Crippen LogP contribution in [0.5, 0.6) is 5.75 Å². The third kappa shape index (κ3) is 3.97. The average molecular weight is 411 g/mol. The zero-order valence-corrected chi connectivity index (χ0v) is 17.6. The van der Waals surface area contributed by atoms with Gasteiger partial charge < -0.3 is 15.3 Å². The molecule has 0 unspecified atom stereocenters. The minimum Gasteiger partial charge on any atom is -0.507 e. The zero-order chi connectivity index (χ0) is 21.2. The summed E-state index contributed by atoms with van der Waals surface area (Å²) in [6.07, 6.45) is 2.31. The van der Waals surface area contributed by atoms with Crippen LogP contribution in [0.3, 0.4) is 0 Å². The van der Waals surface area contributed by atoms with Gasteiger partial charge in [0.15, 0.2) is 5.82 Å². The van der Waals surface area contributed by atoms with Crippen molar-refractivity contribution in [3.63, 3.8) is 0 Å². The van der Waals surface area contributed by atoms with Crippen molar-refractivity contribution in [2.45, 2.75) is 18.9 Å². The van der Waals surface area contributed by atoms with Crippen molar-refractivity contribution in [1.29, 1.82) is 0 Å². The summed E-state index contributed by atoms with van der Waals surface area (Å²) in [4.78, 5) is 2.34. The Hall–Kier alpha value is -3.44. The van der Waals surface area contributed by atoms with E-state index in [-0.39, 0.29) is 5.75 Å². The molecule has 0 saturated carbocycles. The molecule has 1 aliphatic heterocycles. The fraction of sp³-hybridized carbons (Fsp3) is 0.231. The number of nitrogens with one attached hydrogen (secondary N) is 1. The van der Waals surface area contributed by atoms with Crippen LogP contribution in [-0.2, 0) is 0 Å². The number of rotatable bonds is 4. The summed E-state index contributed by atoms with van der Waals surface area (Å²) in [5.74, 6) is 1.01. The first-order valence-corrected chi connectivity index (χ1v) is 10.8. The van der Waals surface area contributed by atoms with E-state index in [0.717, 1.165) is 47.2 Å². The van der Waals surface area contributed by atoms with E-state index in [1.165, 1.54) is 6.42 Å². The fourth-order valence-corrected chi connectivity index (χ4v) is 4.43. The number of fused-ring (bicyclic) bond motifs is 1. The molecule has 1 atom stereocenters. The number of piperidine rings is 1. The van der Waals surface area contributed by atoms with Gasteiger partial charge in [-0.05, 0) is 49.7 Å². The van der Waals surface area contributed by atoms with E-state index < -0.39 is 0 Å². The highest BCUT2D eigenvalue weighted by Gasteiger charge is 2.20. The van der Waals surface area contributed by atoms with E-state index in [1.807, 2.05) is 60.7 Å². The number of likely N-dealkylation sites (tertiary alicyclic amines) is 1. The normalized spacial score (nSPS) is 17.0. The summed E-state index contributed by atoms with van der Waals surface area (Å²) in [5.41, 5.74) is 3.42. The van der Waals surface area contributed by atoms with Crippen molar-refractivity contribution < 1.29 is 5.11 Å². The van der Waals surface area contributed by atoms with Gasteiger partial charge in [-0.2, -0.15) is 0 Å². The van der Waals surface area contributed by atoms with Gasteiger partial charge in [0.25, 0.3) is 0 Å². The van der Waals surface area contributed by atoms with Crippen LogP contribution in [0.1, 0.15) is 12.8 Å². The third-order valence-electron chi connectivity index (χ3n) is 6.01. The molecule has 2 heterocycles. The number of phenolic OH excluding ortho intramolecular Hbond substituents is 1. The second kappa shape index (κ2) is 8.36. The van der Waals surface area contributed by atoms with Gasteiger partial charge in [0, 0.05) is 28.9 Å². The van der Waals surface area contributed by atoms with Crippen molar-refractivity contribution in [1.82, 2.24) is 15.1 Å². The van der Waals surface area contributed by atoms with Gasteiger partial charge in [-0.15, -0.1) is 10.2 Å². The van der Waals surface area contributed by atoms with E-state index in [4.69, 9.17) is 0 Å². The van der Waals surface area contributed by atoms with Gasteiger partial charge in [0.2, 0.25) is 0 Å². The number of aromatic nitrogens is 2. The number of anilines is 1. The van der Waals surface area contributed by atoms with Gasteiger partial charge in [-0.1, -0.05) is 60.7 Å². The molecule has 4 aromatic rings. The number of benzene rings is 3. The molecule has 0 radical (unpaired) electrons. The summed E-state index contributed by atoms with van der Waals surface area (Å²) >= 11 is 0. The number of likely N-dealkylation sites (N-methyl/N-ethyl adjacent to an activating group) is 1. The first kappa shape index (κ1) is 19.5. The molecule has 1 fully saturated rings. The molecule has 5 rings (SSSR count). The Morgan fingerprint density at radius 3 is 2.45 bits per heavy atom. The Balaban J connectivity index is 1.52. The van der Waals surface area contributed by atoms with Crippen LogP contribution in [0.2, 0.25) is 0 Å². The first-order chi connectivity index (χ1) is 15.2. The molecule has 1 saturated heterocycles. The molecule has 5 nitrogen and oxygen atoms in total. The van der Waals surface area contributed by atoms with Crippen molar-refractivity contribution in [2.24, 2.45) is 0 Å². The Kier molecular flexibility index (Phi) is 5.26. The van der Waals surface area contributed by atoms with Crippen molar-refractivity contribution in [2.75, 3.05) is 25.5 Å². The lowest BCUT2D eigenvalue weighted by Crippen LogP contribution is -2.40. The highest BCUT2D eigenvalue weighted by molar-refractivity contribution is 6.01. The van der Waals surface area contributed by atoms with Crippen LogP contribution in [0, 0.1) is 0 Å². The Morgan fingerprint density at radius 1 is 0.903 bits per heavy atom. The van der Waals surface area contributed by atoms with Crippen LogP contribution in [-0.4, -0.2) is 46.4 Å². The second-order valence-electron chi connectivity index (χ2n) is 8.29. The maximum atomic E-state index is 10.8. The minimum atomic E-state index is 0.204. The molecule has 5 heteroatoms. The van der Waals surface area contributed by atoms with Crippen molar-refractivity contribution in [3.8, 4) is 28.1 Å². The topological polar surface area (TPSA) is 61.3 Å². The van der Waals surface area contributed by atoms with Crippen molar-refractivity contribution >= 4 is 16.6 Å². The number of hydrogen-bond donors (Lipinski definition) is 2. The lowest BCUT2D eigenvalue weighted by Gasteiger charge is -2.30. The van der Waals surface area contributed by atoms with Crippen LogP contribution >= 0.6 is 0 Å². The third-order valence-corrected chi connectivity index (χ3v) is 6.01. The maximum Gasteiger partial charge on any atom is 0.156 e. The largest absolute Gasteiger partial charge is 0.507 e. The summed E-state index contributed by atoms with van der Waals surface area (Å²) in [7, 11) is 2.16. The molecule has 0 bridgehead atoms. The molecule has 3 aromatic carbocycles. The zero-order valence-electron chi connectivity index (χ0n) is 17.6. The molecule has 0 spiro atoms. The highest BCUT2D eigenvalue weighted by Crippen LogP contribution is 2.37. The van der Waals surface area contributed by atoms with Gasteiger partial charge >= 0.3 is 0 Å². The second-order valence-corrected chi connectivity index (χ2v) is 8.29.